The molecule has 8 heteroatoms. The van der Waals surface area contributed by atoms with E-state index in [1.807, 2.05) is 0 Å². The van der Waals surface area contributed by atoms with Crippen molar-refractivity contribution >= 4 is 5.91 Å². The third kappa shape index (κ3) is 6.02. The number of halogens is 3. The summed E-state index contributed by atoms with van der Waals surface area (Å²) in [4.78, 5) is 24.1. The summed E-state index contributed by atoms with van der Waals surface area (Å²) in [6.45, 7) is 11.1. The third-order valence-corrected chi connectivity index (χ3v) is 4.48. The van der Waals surface area contributed by atoms with Crippen LogP contribution in [0.15, 0.2) is 36.7 Å². The van der Waals surface area contributed by atoms with Crippen LogP contribution in [0.2, 0.25) is 0 Å². The van der Waals surface area contributed by atoms with Crippen molar-refractivity contribution in [3.63, 3.8) is 0 Å². The Hall–Kier alpha value is -2.48. The zero-order valence-corrected chi connectivity index (χ0v) is 16.0. The highest BCUT2D eigenvalue weighted by Crippen LogP contribution is 2.30. The Morgan fingerprint density at radius 3 is 2.07 bits per heavy atom. The van der Waals surface area contributed by atoms with Gasteiger partial charge in [-0.1, -0.05) is 26.0 Å². The van der Waals surface area contributed by atoms with Gasteiger partial charge in [-0.05, 0) is 25.2 Å². The Kier molecular flexibility index (Phi) is 7.51. The molecule has 1 radical (unpaired) electrons. The van der Waals surface area contributed by atoms with Crippen molar-refractivity contribution < 1.29 is 18.0 Å². The molecule has 0 spiro atoms. The summed E-state index contributed by atoms with van der Waals surface area (Å²) in [5.41, 5.74) is 0.504. The van der Waals surface area contributed by atoms with Gasteiger partial charge in [0.15, 0.2) is 5.82 Å². The van der Waals surface area contributed by atoms with Gasteiger partial charge < -0.3 is 9.80 Å². The summed E-state index contributed by atoms with van der Waals surface area (Å²) in [5.74, 6) is 0.0482. The number of aromatic nitrogens is 2. The van der Waals surface area contributed by atoms with Gasteiger partial charge in [-0.3, -0.25) is 4.79 Å². The van der Waals surface area contributed by atoms with Crippen molar-refractivity contribution in [3.05, 3.63) is 54.7 Å². The van der Waals surface area contributed by atoms with Crippen LogP contribution in [0.3, 0.4) is 0 Å². The lowest BCUT2D eigenvalue weighted by molar-refractivity contribution is -0.137. The average molecular weight is 393 g/mol. The lowest BCUT2D eigenvalue weighted by Gasteiger charge is -2.25. The molecule has 2 rings (SSSR count). The van der Waals surface area contributed by atoms with Gasteiger partial charge in [0.2, 0.25) is 5.91 Å². The first-order valence-electron chi connectivity index (χ1n) is 9.06. The molecule has 0 atom stereocenters. The van der Waals surface area contributed by atoms with Crippen molar-refractivity contribution in [2.45, 2.75) is 26.6 Å². The fourth-order valence-corrected chi connectivity index (χ4v) is 2.71. The van der Waals surface area contributed by atoms with E-state index < -0.39 is 11.7 Å². The second-order valence-electron chi connectivity index (χ2n) is 6.33. The molecule has 28 heavy (non-hydrogen) atoms. The molecule has 0 bridgehead atoms. The SMILES string of the molecule is [CH2]C(=O)N(CCN(CC)CC)Cc1cnc(-c2ccc(C(F)(F)F)cc2)nc1. The first-order valence-corrected chi connectivity index (χ1v) is 9.06. The van der Waals surface area contributed by atoms with Crippen LogP contribution in [-0.4, -0.2) is 51.9 Å². The normalized spacial score (nSPS) is 11.7. The van der Waals surface area contributed by atoms with Crippen molar-refractivity contribution in [1.82, 2.24) is 19.8 Å². The summed E-state index contributed by atoms with van der Waals surface area (Å²) in [5, 5.41) is 0. The molecule has 0 saturated carbocycles. The number of nitrogens with zero attached hydrogens (tertiary/aromatic N) is 4. The zero-order chi connectivity index (χ0) is 20.7. The fourth-order valence-electron chi connectivity index (χ4n) is 2.71. The summed E-state index contributed by atoms with van der Waals surface area (Å²) >= 11 is 0. The smallest absolute Gasteiger partial charge is 0.337 e. The number of likely N-dealkylation sites (N-methyl/N-ethyl adjacent to an activating group) is 1. The Bertz CT molecular complexity index is 757. The van der Waals surface area contributed by atoms with E-state index >= 15 is 0 Å². The van der Waals surface area contributed by atoms with Crippen LogP contribution >= 0.6 is 0 Å². The Morgan fingerprint density at radius 2 is 1.61 bits per heavy atom. The van der Waals surface area contributed by atoms with Crippen LogP contribution in [0.4, 0.5) is 13.2 Å². The van der Waals surface area contributed by atoms with Crippen LogP contribution in [0.25, 0.3) is 11.4 Å². The fraction of sp³-hybridized carbons (Fsp3) is 0.400. The first kappa shape index (κ1) is 21.8. The van der Waals surface area contributed by atoms with Gasteiger partial charge in [-0.2, -0.15) is 13.2 Å². The maximum atomic E-state index is 12.6. The van der Waals surface area contributed by atoms with Gasteiger partial charge in [0, 0.05) is 50.1 Å². The first-order chi connectivity index (χ1) is 13.2. The minimum atomic E-state index is -4.38. The van der Waals surface area contributed by atoms with E-state index in [-0.39, 0.29) is 5.91 Å². The Labute approximate surface area is 163 Å². The van der Waals surface area contributed by atoms with Crippen molar-refractivity contribution in [2.24, 2.45) is 0 Å². The molecule has 0 N–H and O–H groups in total. The minimum absolute atomic E-state index is 0.279. The number of carbonyl (C=O) groups excluding carboxylic acids is 1. The topological polar surface area (TPSA) is 49.3 Å². The third-order valence-electron chi connectivity index (χ3n) is 4.48. The highest BCUT2D eigenvalue weighted by molar-refractivity contribution is 5.80. The van der Waals surface area contributed by atoms with Crippen molar-refractivity contribution in [1.29, 1.82) is 0 Å². The second kappa shape index (κ2) is 9.64. The van der Waals surface area contributed by atoms with Crippen molar-refractivity contribution in [3.8, 4) is 11.4 Å². The molecule has 0 unspecified atom stereocenters. The van der Waals surface area contributed by atoms with E-state index in [1.54, 1.807) is 17.3 Å². The van der Waals surface area contributed by atoms with Gasteiger partial charge in [0.05, 0.1) is 5.56 Å². The summed E-state index contributed by atoms with van der Waals surface area (Å²) in [6.07, 6.45) is -1.22. The van der Waals surface area contributed by atoms with Crippen LogP contribution in [0.5, 0.6) is 0 Å². The second-order valence-corrected chi connectivity index (χ2v) is 6.33. The molecule has 1 heterocycles. The Morgan fingerprint density at radius 1 is 1.04 bits per heavy atom. The number of carbonyl (C=O) groups is 1. The van der Waals surface area contributed by atoms with Gasteiger partial charge in [0.25, 0.3) is 0 Å². The van der Waals surface area contributed by atoms with E-state index in [2.05, 4.69) is 35.6 Å². The number of hydrogen-bond acceptors (Lipinski definition) is 4. The molecule has 5 nitrogen and oxygen atoms in total. The maximum Gasteiger partial charge on any atom is 0.416 e. The van der Waals surface area contributed by atoms with Crippen molar-refractivity contribution in [2.75, 3.05) is 26.2 Å². The van der Waals surface area contributed by atoms with Crippen LogP contribution < -0.4 is 0 Å². The molecule has 0 aliphatic rings. The van der Waals surface area contributed by atoms with Crippen LogP contribution in [-0.2, 0) is 17.5 Å². The lowest BCUT2D eigenvalue weighted by atomic mass is 10.1. The quantitative estimate of drug-likeness (QED) is 0.687. The number of amides is 1. The summed E-state index contributed by atoms with van der Waals surface area (Å²) in [6, 6.07) is 4.69. The molecule has 0 saturated heterocycles. The number of alkyl halides is 3. The van der Waals surface area contributed by atoms with Crippen LogP contribution in [0.1, 0.15) is 25.0 Å². The number of rotatable bonds is 8. The highest BCUT2D eigenvalue weighted by Gasteiger charge is 2.30. The molecular formula is C20H24F3N4O. The molecule has 0 aliphatic carbocycles. The molecule has 0 fully saturated rings. The summed E-state index contributed by atoms with van der Waals surface area (Å²) < 4.78 is 37.9. The zero-order valence-electron chi connectivity index (χ0n) is 16.0. The number of benzene rings is 1. The summed E-state index contributed by atoms with van der Waals surface area (Å²) in [7, 11) is 0. The molecule has 1 aromatic heterocycles. The standard InChI is InChI=1S/C20H24F3N4O/c1-4-26(5-2)10-11-27(15(3)28)14-16-12-24-19(25-13-16)17-6-8-18(9-7-17)20(21,22)23/h6-9,12-13H,3-5,10-11,14H2,1-2H3. The molecule has 151 valence electrons. The number of hydrogen-bond donors (Lipinski definition) is 0. The van der Waals surface area contributed by atoms with Gasteiger partial charge in [-0.25, -0.2) is 9.97 Å². The maximum absolute atomic E-state index is 12.6. The van der Waals surface area contributed by atoms with Gasteiger partial charge >= 0.3 is 6.18 Å². The minimum Gasteiger partial charge on any atom is -0.337 e. The lowest BCUT2D eigenvalue weighted by Crippen LogP contribution is -2.37. The predicted octanol–water partition coefficient (Wildman–Crippen LogP) is 3.67. The monoisotopic (exact) mass is 393 g/mol. The van der Waals surface area contributed by atoms with Crippen LogP contribution in [0, 0.1) is 6.92 Å². The van der Waals surface area contributed by atoms with E-state index in [0.717, 1.165) is 37.3 Å². The van der Waals surface area contributed by atoms with E-state index in [1.165, 1.54) is 12.1 Å². The molecule has 1 aromatic carbocycles. The van der Waals surface area contributed by atoms with E-state index in [9.17, 15) is 18.0 Å². The predicted molar refractivity (Wildman–Crippen MR) is 101 cm³/mol. The largest absolute Gasteiger partial charge is 0.416 e. The Balaban J connectivity index is 2.05. The molecular weight excluding hydrogens is 369 g/mol. The molecule has 0 aliphatic heterocycles. The molecule has 2 aromatic rings. The van der Waals surface area contributed by atoms with Gasteiger partial charge in [-0.15, -0.1) is 0 Å². The highest BCUT2D eigenvalue weighted by atomic mass is 19.4. The van der Waals surface area contributed by atoms with E-state index in [4.69, 9.17) is 0 Å². The van der Waals surface area contributed by atoms with Gasteiger partial charge in [0.1, 0.15) is 0 Å². The molecule has 1 amide bonds. The van der Waals surface area contributed by atoms with E-state index in [0.29, 0.717) is 24.5 Å². The average Bonchev–Trinajstić information content (AvgIpc) is 2.67.